The van der Waals surface area contributed by atoms with Crippen molar-refractivity contribution in [3.8, 4) is 0 Å². The van der Waals surface area contributed by atoms with Gasteiger partial charge in [-0.25, -0.2) is 0 Å². The second-order valence-corrected chi connectivity index (χ2v) is 4.84. The minimum atomic E-state index is -0.473. The maximum atomic E-state index is 6.37. The van der Waals surface area contributed by atoms with Gasteiger partial charge in [0.2, 0.25) is 0 Å². The Morgan fingerprint density at radius 1 is 1.18 bits per heavy atom. The maximum Gasteiger partial charge on any atom is 0.0456 e. The number of pyridine rings is 1. The highest BCUT2D eigenvalue weighted by Crippen LogP contribution is 2.28. The maximum absolute atomic E-state index is 6.37. The van der Waals surface area contributed by atoms with Gasteiger partial charge in [0, 0.05) is 23.0 Å². The first-order valence-corrected chi connectivity index (χ1v) is 5.90. The van der Waals surface area contributed by atoms with E-state index in [1.54, 1.807) is 12.4 Å². The summed E-state index contributed by atoms with van der Waals surface area (Å²) in [5, 5.41) is 0.714. The first-order valence-electron chi connectivity index (χ1n) is 5.52. The van der Waals surface area contributed by atoms with Crippen LogP contribution in [0.5, 0.6) is 0 Å². The van der Waals surface area contributed by atoms with Crippen LogP contribution in [0, 0.1) is 0 Å². The number of hydrogen-bond acceptors (Lipinski definition) is 2. The summed E-state index contributed by atoms with van der Waals surface area (Å²) in [6.45, 7) is 1.99. The number of nitrogens with two attached hydrogens (primary N) is 1. The number of aromatic nitrogens is 1. The number of halogens is 1. The lowest BCUT2D eigenvalue weighted by atomic mass is 9.87. The van der Waals surface area contributed by atoms with Gasteiger partial charge >= 0.3 is 0 Å². The molecule has 0 radical (unpaired) electrons. The quantitative estimate of drug-likeness (QED) is 0.904. The molecule has 0 aliphatic heterocycles. The molecule has 1 unspecified atom stereocenters. The lowest BCUT2D eigenvalue weighted by molar-refractivity contribution is 0.491. The van der Waals surface area contributed by atoms with E-state index >= 15 is 0 Å². The predicted molar refractivity (Wildman–Crippen MR) is 70.9 cm³/mol. The molecule has 2 aromatic rings. The minimum absolute atomic E-state index is 0.473. The van der Waals surface area contributed by atoms with Crippen LogP contribution in [-0.4, -0.2) is 4.98 Å². The smallest absolute Gasteiger partial charge is 0.0456 e. The van der Waals surface area contributed by atoms with Gasteiger partial charge in [0.15, 0.2) is 0 Å². The molecule has 1 atom stereocenters. The van der Waals surface area contributed by atoms with E-state index in [9.17, 15) is 0 Å². The molecule has 0 saturated carbocycles. The number of hydrogen-bond donors (Lipinski definition) is 1. The topological polar surface area (TPSA) is 38.9 Å². The van der Waals surface area contributed by atoms with E-state index in [2.05, 4.69) is 4.98 Å². The van der Waals surface area contributed by atoms with Gasteiger partial charge < -0.3 is 5.73 Å². The van der Waals surface area contributed by atoms with Gasteiger partial charge in [-0.05, 0) is 42.7 Å². The summed E-state index contributed by atoms with van der Waals surface area (Å²) in [6.07, 6.45) is 4.29. The van der Waals surface area contributed by atoms with Crippen LogP contribution >= 0.6 is 11.6 Å². The number of rotatable bonds is 3. The zero-order valence-electron chi connectivity index (χ0n) is 9.73. The van der Waals surface area contributed by atoms with Crippen molar-refractivity contribution in [2.75, 3.05) is 0 Å². The molecule has 2 nitrogen and oxygen atoms in total. The van der Waals surface area contributed by atoms with Gasteiger partial charge in [0.1, 0.15) is 0 Å². The number of benzene rings is 1. The normalized spacial score (nSPS) is 14.3. The van der Waals surface area contributed by atoms with Gasteiger partial charge in [0.05, 0.1) is 0 Å². The van der Waals surface area contributed by atoms with Crippen molar-refractivity contribution in [1.82, 2.24) is 4.98 Å². The van der Waals surface area contributed by atoms with Crippen molar-refractivity contribution in [2.24, 2.45) is 5.73 Å². The van der Waals surface area contributed by atoms with Crippen LogP contribution in [0.4, 0.5) is 0 Å². The molecule has 2 N–H and O–H groups in total. The van der Waals surface area contributed by atoms with Gasteiger partial charge in [-0.15, -0.1) is 0 Å². The van der Waals surface area contributed by atoms with Gasteiger partial charge in [0.25, 0.3) is 0 Å². The lowest BCUT2D eigenvalue weighted by Crippen LogP contribution is -2.35. The molecule has 3 heteroatoms. The lowest BCUT2D eigenvalue weighted by Gasteiger charge is -2.26. The first-order chi connectivity index (χ1) is 8.09. The fourth-order valence-corrected chi connectivity index (χ4v) is 2.30. The summed E-state index contributed by atoms with van der Waals surface area (Å²) in [4.78, 5) is 4.00. The van der Waals surface area contributed by atoms with Crippen LogP contribution in [0.2, 0.25) is 5.02 Å². The monoisotopic (exact) mass is 246 g/mol. The van der Waals surface area contributed by atoms with Crippen LogP contribution in [0.25, 0.3) is 0 Å². The zero-order valence-corrected chi connectivity index (χ0v) is 10.5. The Morgan fingerprint density at radius 3 is 2.47 bits per heavy atom. The third kappa shape index (κ3) is 2.84. The Hall–Kier alpha value is -1.38. The average molecular weight is 247 g/mol. The summed E-state index contributed by atoms with van der Waals surface area (Å²) >= 11 is 6.18. The van der Waals surface area contributed by atoms with E-state index in [1.165, 1.54) is 0 Å². The Kier molecular flexibility index (Phi) is 3.46. The molecule has 0 amide bonds. The fourth-order valence-electron chi connectivity index (χ4n) is 1.94. The van der Waals surface area contributed by atoms with E-state index in [1.807, 2.05) is 43.3 Å². The first kappa shape index (κ1) is 12.1. The molecule has 1 heterocycles. The van der Waals surface area contributed by atoms with Crippen LogP contribution < -0.4 is 5.73 Å². The highest BCUT2D eigenvalue weighted by atomic mass is 35.5. The average Bonchev–Trinajstić information content (AvgIpc) is 2.30. The van der Waals surface area contributed by atoms with Crippen molar-refractivity contribution in [3.05, 3.63) is 64.9 Å². The largest absolute Gasteiger partial charge is 0.321 e. The van der Waals surface area contributed by atoms with Crippen LogP contribution in [-0.2, 0) is 12.0 Å². The van der Waals surface area contributed by atoms with Gasteiger partial charge in [-0.2, -0.15) is 0 Å². The third-order valence-electron chi connectivity index (χ3n) is 2.81. The van der Waals surface area contributed by atoms with E-state index in [0.717, 1.165) is 17.5 Å². The molecule has 0 bridgehead atoms. The van der Waals surface area contributed by atoms with Crippen molar-refractivity contribution < 1.29 is 0 Å². The van der Waals surface area contributed by atoms with Crippen molar-refractivity contribution >= 4 is 11.6 Å². The summed E-state index contributed by atoms with van der Waals surface area (Å²) in [7, 11) is 0. The van der Waals surface area contributed by atoms with Crippen LogP contribution in [0.1, 0.15) is 18.1 Å². The Labute approximate surface area is 106 Å². The molecule has 0 spiro atoms. The van der Waals surface area contributed by atoms with Crippen LogP contribution in [0.15, 0.2) is 48.8 Å². The second kappa shape index (κ2) is 4.86. The van der Waals surface area contributed by atoms with E-state index in [-0.39, 0.29) is 0 Å². The Bertz CT molecular complexity index is 495. The van der Waals surface area contributed by atoms with Crippen molar-refractivity contribution in [3.63, 3.8) is 0 Å². The Morgan fingerprint density at radius 2 is 1.82 bits per heavy atom. The molecular formula is C14H15ClN2. The molecule has 1 aromatic carbocycles. The summed E-state index contributed by atoms with van der Waals surface area (Å²) < 4.78 is 0. The SMILES string of the molecule is CC(N)(Cc1ccncc1)c1ccccc1Cl. The molecular weight excluding hydrogens is 232 g/mol. The molecule has 17 heavy (non-hydrogen) atoms. The molecule has 0 fully saturated rings. The molecule has 1 aromatic heterocycles. The minimum Gasteiger partial charge on any atom is -0.321 e. The van der Waals surface area contributed by atoms with Gasteiger partial charge in [-0.1, -0.05) is 29.8 Å². The third-order valence-corrected chi connectivity index (χ3v) is 3.14. The van der Waals surface area contributed by atoms with Crippen molar-refractivity contribution in [2.45, 2.75) is 18.9 Å². The molecule has 0 saturated heterocycles. The highest BCUT2D eigenvalue weighted by molar-refractivity contribution is 6.31. The molecule has 88 valence electrons. The zero-order chi connectivity index (χ0) is 12.3. The molecule has 0 aliphatic carbocycles. The molecule has 2 rings (SSSR count). The number of nitrogens with zero attached hydrogens (tertiary/aromatic N) is 1. The fraction of sp³-hybridized carbons (Fsp3) is 0.214. The van der Waals surface area contributed by atoms with E-state index in [4.69, 9.17) is 17.3 Å². The van der Waals surface area contributed by atoms with E-state index < -0.39 is 5.54 Å². The predicted octanol–water partition coefficient (Wildman–Crippen LogP) is 3.15. The van der Waals surface area contributed by atoms with Gasteiger partial charge in [-0.3, -0.25) is 4.98 Å². The summed E-state index contributed by atoms with van der Waals surface area (Å²) in [5.74, 6) is 0. The van der Waals surface area contributed by atoms with Crippen molar-refractivity contribution in [1.29, 1.82) is 0 Å². The Balaban J connectivity index is 2.28. The summed E-state index contributed by atoms with van der Waals surface area (Å²) in [5.41, 5.74) is 8.02. The highest BCUT2D eigenvalue weighted by Gasteiger charge is 2.23. The van der Waals surface area contributed by atoms with Crippen LogP contribution in [0.3, 0.4) is 0 Å². The van der Waals surface area contributed by atoms with E-state index in [0.29, 0.717) is 5.02 Å². The summed E-state index contributed by atoms with van der Waals surface area (Å²) in [6, 6.07) is 11.7. The standard InChI is InChI=1S/C14H15ClN2/c1-14(16,10-11-6-8-17-9-7-11)12-4-2-3-5-13(12)15/h2-9H,10,16H2,1H3. The molecule has 0 aliphatic rings. The second-order valence-electron chi connectivity index (χ2n) is 4.43.